The van der Waals surface area contributed by atoms with Gasteiger partial charge in [-0.3, -0.25) is 19.3 Å². The SMILES string of the molecule is COCCCN1C(=O)C[C@@](CC(=O)NCc2ccc(C)cc2)(c2ccccc2C)C1=O. The second-order valence-electron chi connectivity index (χ2n) is 8.21. The van der Waals surface area contributed by atoms with Gasteiger partial charge in [-0.25, -0.2) is 0 Å². The highest BCUT2D eigenvalue weighted by Crippen LogP contribution is 2.41. The lowest BCUT2D eigenvalue weighted by Crippen LogP contribution is -2.43. The molecule has 1 aliphatic heterocycles. The van der Waals surface area contributed by atoms with Crippen molar-refractivity contribution in [1.29, 1.82) is 0 Å². The third-order valence-corrected chi connectivity index (χ3v) is 5.87. The number of nitrogens with zero attached hydrogens (tertiary/aromatic N) is 1. The molecule has 0 aromatic heterocycles. The number of hydrogen-bond acceptors (Lipinski definition) is 4. The van der Waals surface area contributed by atoms with E-state index in [1.165, 1.54) is 4.90 Å². The molecule has 31 heavy (non-hydrogen) atoms. The number of hydrogen-bond donors (Lipinski definition) is 1. The molecule has 0 unspecified atom stereocenters. The third-order valence-electron chi connectivity index (χ3n) is 5.87. The summed E-state index contributed by atoms with van der Waals surface area (Å²) in [5, 5.41) is 2.92. The van der Waals surface area contributed by atoms with Gasteiger partial charge in [0, 0.05) is 39.6 Å². The van der Waals surface area contributed by atoms with Gasteiger partial charge >= 0.3 is 0 Å². The van der Waals surface area contributed by atoms with Crippen molar-refractivity contribution in [2.45, 2.75) is 45.1 Å². The number of aryl methyl sites for hydroxylation is 2. The lowest BCUT2D eigenvalue weighted by molar-refractivity contribution is -0.141. The van der Waals surface area contributed by atoms with E-state index in [1.807, 2.05) is 62.4 Å². The standard InChI is InChI=1S/C25H30N2O4/c1-18-9-11-20(12-10-18)17-26-22(28)15-25(21-8-5-4-7-19(21)2)16-23(29)27(24(25)30)13-6-14-31-3/h4-5,7-12H,6,13-17H2,1-3H3,(H,26,28)/t25-/m0/s1. The fourth-order valence-corrected chi connectivity index (χ4v) is 4.19. The molecule has 2 aromatic carbocycles. The molecule has 3 amide bonds. The molecular formula is C25H30N2O4. The number of nitrogens with one attached hydrogen (secondary N) is 1. The Kier molecular flexibility index (Phi) is 7.23. The van der Waals surface area contributed by atoms with E-state index in [4.69, 9.17) is 4.74 Å². The number of benzene rings is 2. The number of likely N-dealkylation sites (tertiary alicyclic amines) is 1. The summed E-state index contributed by atoms with van der Waals surface area (Å²) in [5.74, 6) is -0.784. The summed E-state index contributed by atoms with van der Waals surface area (Å²) in [6, 6.07) is 15.4. The Morgan fingerprint density at radius 3 is 2.48 bits per heavy atom. The van der Waals surface area contributed by atoms with Crippen LogP contribution in [0.4, 0.5) is 0 Å². The first kappa shape index (κ1) is 22.7. The number of imide groups is 1. The van der Waals surface area contributed by atoms with Crippen LogP contribution in [0.5, 0.6) is 0 Å². The minimum absolute atomic E-state index is 0.00161. The van der Waals surface area contributed by atoms with E-state index in [9.17, 15) is 14.4 Å². The summed E-state index contributed by atoms with van der Waals surface area (Å²) >= 11 is 0. The molecular weight excluding hydrogens is 392 g/mol. The van der Waals surface area contributed by atoms with Gasteiger partial charge < -0.3 is 10.1 Å². The van der Waals surface area contributed by atoms with Crippen LogP contribution in [0, 0.1) is 13.8 Å². The van der Waals surface area contributed by atoms with Crippen LogP contribution in [0.3, 0.4) is 0 Å². The number of rotatable bonds is 9. The van der Waals surface area contributed by atoms with E-state index in [1.54, 1.807) is 7.11 Å². The molecule has 1 saturated heterocycles. The van der Waals surface area contributed by atoms with E-state index in [0.29, 0.717) is 26.1 Å². The van der Waals surface area contributed by atoms with E-state index in [2.05, 4.69) is 5.32 Å². The van der Waals surface area contributed by atoms with Gasteiger partial charge in [0.25, 0.3) is 0 Å². The third kappa shape index (κ3) is 5.02. The largest absolute Gasteiger partial charge is 0.385 e. The molecule has 1 heterocycles. The maximum atomic E-state index is 13.5. The molecule has 2 aromatic rings. The summed E-state index contributed by atoms with van der Waals surface area (Å²) < 4.78 is 5.06. The minimum Gasteiger partial charge on any atom is -0.385 e. The van der Waals surface area contributed by atoms with Crippen molar-refractivity contribution in [2.24, 2.45) is 0 Å². The number of methoxy groups -OCH3 is 1. The Morgan fingerprint density at radius 1 is 1.10 bits per heavy atom. The van der Waals surface area contributed by atoms with Crippen LogP contribution in [0.15, 0.2) is 48.5 Å². The van der Waals surface area contributed by atoms with Crippen molar-refractivity contribution in [1.82, 2.24) is 10.2 Å². The van der Waals surface area contributed by atoms with Gasteiger partial charge in [0.2, 0.25) is 17.7 Å². The summed E-state index contributed by atoms with van der Waals surface area (Å²) in [4.78, 5) is 40.5. The summed E-state index contributed by atoms with van der Waals surface area (Å²) in [7, 11) is 1.59. The number of ether oxygens (including phenoxy) is 1. The highest BCUT2D eigenvalue weighted by molar-refractivity contribution is 6.10. The van der Waals surface area contributed by atoms with Crippen molar-refractivity contribution in [3.8, 4) is 0 Å². The highest BCUT2D eigenvalue weighted by Gasteiger charge is 2.53. The van der Waals surface area contributed by atoms with Gasteiger partial charge in [0.15, 0.2) is 0 Å². The van der Waals surface area contributed by atoms with E-state index in [0.717, 1.165) is 22.3 Å². The molecule has 1 atom stereocenters. The monoisotopic (exact) mass is 422 g/mol. The van der Waals surface area contributed by atoms with Gasteiger partial charge in [0.05, 0.1) is 5.41 Å². The lowest BCUT2D eigenvalue weighted by atomic mass is 9.74. The second-order valence-corrected chi connectivity index (χ2v) is 8.21. The quantitative estimate of drug-likeness (QED) is 0.498. The zero-order valence-corrected chi connectivity index (χ0v) is 18.4. The van der Waals surface area contributed by atoms with Crippen molar-refractivity contribution in [3.05, 3.63) is 70.8 Å². The molecule has 0 spiro atoms. The number of amides is 3. The van der Waals surface area contributed by atoms with Crippen molar-refractivity contribution in [3.63, 3.8) is 0 Å². The summed E-state index contributed by atoms with van der Waals surface area (Å²) in [6.45, 7) is 5.06. The van der Waals surface area contributed by atoms with E-state index < -0.39 is 5.41 Å². The molecule has 1 fully saturated rings. The molecule has 3 rings (SSSR count). The molecule has 6 nitrogen and oxygen atoms in total. The Balaban J connectivity index is 1.83. The molecule has 0 bridgehead atoms. The first-order chi connectivity index (χ1) is 14.9. The normalized spacial score (nSPS) is 18.5. The van der Waals surface area contributed by atoms with Gasteiger partial charge in [0.1, 0.15) is 0 Å². The maximum absolute atomic E-state index is 13.5. The van der Waals surface area contributed by atoms with Crippen LogP contribution in [0.2, 0.25) is 0 Å². The summed E-state index contributed by atoms with van der Waals surface area (Å²) in [5.41, 5.74) is 2.60. The van der Waals surface area contributed by atoms with Gasteiger partial charge in [-0.2, -0.15) is 0 Å². The van der Waals surface area contributed by atoms with E-state index in [-0.39, 0.29) is 30.6 Å². The van der Waals surface area contributed by atoms with Gasteiger partial charge in [-0.1, -0.05) is 54.1 Å². The number of carbonyl (C=O) groups excluding carboxylic acids is 3. The van der Waals surface area contributed by atoms with Crippen molar-refractivity contribution >= 4 is 17.7 Å². The zero-order chi connectivity index (χ0) is 22.4. The fourth-order valence-electron chi connectivity index (χ4n) is 4.19. The van der Waals surface area contributed by atoms with Crippen molar-refractivity contribution in [2.75, 3.05) is 20.3 Å². The van der Waals surface area contributed by atoms with Crippen LogP contribution < -0.4 is 5.32 Å². The molecule has 164 valence electrons. The first-order valence-corrected chi connectivity index (χ1v) is 10.6. The Labute approximate surface area is 183 Å². The van der Waals surface area contributed by atoms with Crippen LogP contribution in [-0.2, 0) is 31.1 Å². The second kappa shape index (κ2) is 9.88. The molecule has 1 aliphatic rings. The Hall–Kier alpha value is -2.99. The highest BCUT2D eigenvalue weighted by atomic mass is 16.5. The van der Waals surface area contributed by atoms with Crippen molar-refractivity contribution < 1.29 is 19.1 Å². The molecule has 0 saturated carbocycles. The number of carbonyl (C=O) groups is 3. The minimum atomic E-state index is -1.17. The van der Waals surface area contributed by atoms with Crippen LogP contribution in [-0.4, -0.2) is 42.9 Å². The smallest absolute Gasteiger partial charge is 0.240 e. The first-order valence-electron chi connectivity index (χ1n) is 10.6. The predicted octanol–water partition coefficient (Wildman–Crippen LogP) is 3.04. The fraction of sp³-hybridized carbons (Fsp3) is 0.400. The lowest BCUT2D eigenvalue weighted by Gasteiger charge is -2.28. The van der Waals surface area contributed by atoms with Crippen LogP contribution >= 0.6 is 0 Å². The average Bonchev–Trinajstić information content (AvgIpc) is 2.98. The zero-order valence-electron chi connectivity index (χ0n) is 18.4. The molecule has 0 aliphatic carbocycles. The Morgan fingerprint density at radius 2 is 1.81 bits per heavy atom. The maximum Gasteiger partial charge on any atom is 0.240 e. The topological polar surface area (TPSA) is 75.7 Å². The molecule has 1 N–H and O–H groups in total. The van der Waals surface area contributed by atoms with E-state index >= 15 is 0 Å². The average molecular weight is 423 g/mol. The van der Waals surface area contributed by atoms with Crippen LogP contribution in [0.25, 0.3) is 0 Å². The van der Waals surface area contributed by atoms with Gasteiger partial charge in [-0.15, -0.1) is 0 Å². The Bertz CT molecular complexity index is 954. The molecule has 6 heteroatoms. The van der Waals surface area contributed by atoms with Crippen LogP contribution in [0.1, 0.15) is 41.5 Å². The molecule has 0 radical (unpaired) electrons. The van der Waals surface area contributed by atoms with Gasteiger partial charge in [-0.05, 0) is 37.0 Å². The predicted molar refractivity (Wildman–Crippen MR) is 118 cm³/mol. The summed E-state index contributed by atoms with van der Waals surface area (Å²) in [6.07, 6.45) is 0.508.